The number of halogens is 1. The Hall–Kier alpha value is -3.45. The summed E-state index contributed by atoms with van der Waals surface area (Å²) in [5, 5.41) is 2.30. The second kappa shape index (κ2) is 10.7. The quantitative estimate of drug-likeness (QED) is 0.232. The molecule has 0 spiro atoms. The maximum Gasteiger partial charge on any atom is 0.269 e. The van der Waals surface area contributed by atoms with Gasteiger partial charge in [-0.05, 0) is 65.7 Å². The van der Waals surface area contributed by atoms with Crippen LogP contribution in [0.5, 0.6) is 0 Å². The molecule has 0 atom stereocenters. The van der Waals surface area contributed by atoms with Crippen molar-refractivity contribution in [1.82, 2.24) is 4.90 Å². The minimum absolute atomic E-state index is 0.0293. The molecule has 0 saturated carbocycles. The predicted molar refractivity (Wildman–Crippen MR) is 161 cm³/mol. The molecule has 0 aliphatic carbocycles. The van der Waals surface area contributed by atoms with E-state index in [1.165, 1.54) is 11.8 Å². The number of hydrogen-bond acceptors (Lipinski definition) is 5. The molecular formula is C31H24ClN3OS2. The summed E-state index contributed by atoms with van der Waals surface area (Å²) in [4.78, 5) is 24.6. The van der Waals surface area contributed by atoms with Crippen molar-refractivity contribution in [3.8, 4) is 11.1 Å². The van der Waals surface area contributed by atoms with Crippen molar-refractivity contribution in [2.24, 2.45) is 4.99 Å². The van der Waals surface area contributed by atoms with E-state index >= 15 is 0 Å². The van der Waals surface area contributed by atoms with Crippen LogP contribution in [0.3, 0.4) is 0 Å². The number of carbonyl (C=O) groups excluding carboxylic acids is 1. The Balaban J connectivity index is 1.38. The van der Waals surface area contributed by atoms with Crippen LogP contribution in [0, 0.1) is 0 Å². The van der Waals surface area contributed by atoms with Crippen molar-refractivity contribution >= 4 is 57.6 Å². The van der Waals surface area contributed by atoms with Crippen molar-refractivity contribution in [3.05, 3.63) is 124 Å². The number of aliphatic imine (C=N–C) groups is 1. The maximum atomic E-state index is 13.9. The van der Waals surface area contributed by atoms with E-state index in [9.17, 15) is 4.79 Å². The molecule has 1 saturated heterocycles. The summed E-state index contributed by atoms with van der Waals surface area (Å²) < 4.78 is 0. The molecule has 1 fully saturated rings. The van der Waals surface area contributed by atoms with Crippen molar-refractivity contribution in [2.75, 3.05) is 11.4 Å². The Morgan fingerprint density at radius 2 is 1.47 bits per heavy atom. The van der Waals surface area contributed by atoms with Crippen molar-refractivity contribution in [1.29, 1.82) is 0 Å². The van der Waals surface area contributed by atoms with Gasteiger partial charge in [0.2, 0.25) is 0 Å². The van der Waals surface area contributed by atoms with Crippen LogP contribution >= 0.6 is 35.1 Å². The van der Waals surface area contributed by atoms with E-state index in [2.05, 4.69) is 36.1 Å². The number of amides is 1. The Labute approximate surface area is 236 Å². The molecule has 2 aliphatic rings. The largest absolute Gasteiger partial charge is 0.334 e. The zero-order valence-corrected chi connectivity index (χ0v) is 23.1. The fraction of sp³-hybridized carbons (Fsp3) is 0.0968. The summed E-state index contributed by atoms with van der Waals surface area (Å²) in [6.45, 7) is 3.28. The number of nitrogens with zero attached hydrogens (tertiary/aromatic N) is 3. The molecule has 6 rings (SSSR count). The van der Waals surface area contributed by atoms with Crippen LogP contribution in [0.4, 0.5) is 11.4 Å². The molecule has 0 radical (unpaired) electrons. The van der Waals surface area contributed by atoms with E-state index in [-0.39, 0.29) is 5.91 Å². The number of fused-ring (bicyclic) bond motifs is 1. The second-order valence-corrected chi connectivity index (χ2v) is 11.3. The summed E-state index contributed by atoms with van der Waals surface area (Å²) in [5.41, 5.74) is 5.20. The third kappa shape index (κ3) is 4.87. The van der Waals surface area contributed by atoms with Crippen molar-refractivity contribution in [2.45, 2.75) is 18.4 Å². The summed E-state index contributed by atoms with van der Waals surface area (Å²) in [5.74, 6) is -0.0293. The van der Waals surface area contributed by atoms with E-state index < -0.39 is 0 Å². The zero-order chi connectivity index (χ0) is 26.1. The minimum atomic E-state index is -0.0293. The van der Waals surface area contributed by atoms with E-state index in [1.54, 1.807) is 16.7 Å². The van der Waals surface area contributed by atoms with Gasteiger partial charge in [-0.15, -0.1) is 0 Å². The number of hydrogen-bond donors (Lipinski definition) is 0. The summed E-state index contributed by atoms with van der Waals surface area (Å²) in [6, 6.07) is 34.4. The van der Waals surface area contributed by atoms with Crippen LogP contribution in [-0.4, -0.2) is 22.5 Å². The van der Waals surface area contributed by atoms with Crippen LogP contribution in [0.25, 0.3) is 11.1 Å². The fourth-order valence-electron chi connectivity index (χ4n) is 4.53. The first kappa shape index (κ1) is 24.9. The Bertz CT molecular complexity index is 1550. The van der Waals surface area contributed by atoms with Crippen LogP contribution in [0.2, 0.25) is 5.02 Å². The Morgan fingerprint density at radius 3 is 2.18 bits per heavy atom. The van der Waals surface area contributed by atoms with Gasteiger partial charge < -0.3 is 4.90 Å². The molecule has 7 heteroatoms. The third-order valence-corrected chi connectivity index (χ3v) is 9.03. The van der Waals surface area contributed by atoms with E-state index in [4.69, 9.17) is 16.6 Å². The normalized spacial score (nSPS) is 17.9. The van der Waals surface area contributed by atoms with Gasteiger partial charge in [0.25, 0.3) is 5.91 Å². The molecule has 4 aromatic carbocycles. The molecule has 1 amide bonds. The summed E-state index contributed by atoms with van der Waals surface area (Å²) in [7, 11) is 0. The Morgan fingerprint density at radius 1 is 0.789 bits per heavy atom. The fourth-order valence-corrected chi connectivity index (χ4v) is 7.07. The number of anilines is 1. The number of amidine groups is 1. The number of rotatable bonds is 5. The van der Waals surface area contributed by atoms with E-state index in [1.807, 2.05) is 78.9 Å². The van der Waals surface area contributed by atoms with Crippen LogP contribution in [0.15, 0.2) is 123 Å². The van der Waals surface area contributed by atoms with Gasteiger partial charge in [0.05, 0.1) is 17.9 Å². The molecule has 0 N–H and O–H groups in total. The molecule has 188 valence electrons. The first-order valence-corrected chi connectivity index (χ1v) is 14.4. The van der Waals surface area contributed by atoms with E-state index in [0.717, 1.165) is 44.5 Å². The van der Waals surface area contributed by atoms with Crippen molar-refractivity contribution in [3.63, 3.8) is 0 Å². The zero-order valence-electron chi connectivity index (χ0n) is 20.7. The third-order valence-electron chi connectivity index (χ3n) is 6.42. The van der Waals surface area contributed by atoms with Gasteiger partial charge >= 0.3 is 0 Å². The van der Waals surface area contributed by atoms with Gasteiger partial charge in [0.15, 0.2) is 5.17 Å². The average molecular weight is 554 g/mol. The van der Waals surface area contributed by atoms with E-state index in [0.29, 0.717) is 21.6 Å². The molecule has 2 heterocycles. The first-order valence-electron chi connectivity index (χ1n) is 12.4. The summed E-state index contributed by atoms with van der Waals surface area (Å²) >= 11 is 9.37. The second-order valence-electron chi connectivity index (χ2n) is 8.88. The van der Waals surface area contributed by atoms with Crippen LogP contribution in [-0.2, 0) is 11.3 Å². The molecule has 38 heavy (non-hydrogen) atoms. The summed E-state index contributed by atoms with van der Waals surface area (Å²) in [6.07, 6.45) is 0. The highest BCUT2D eigenvalue weighted by Gasteiger charge is 2.39. The van der Waals surface area contributed by atoms with Crippen LogP contribution < -0.4 is 4.90 Å². The predicted octanol–water partition coefficient (Wildman–Crippen LogP) is 8.57. The smallest absolute Gasteiger partial charge is 0.269 e. The lowest BCUT2D eigenvalue weighted by Crippen LogP contribution is -2.29. The van der Waals surface area contributed by atoms with Gasteiger partial charge in [-0.25, -0.2) is 4.99 Å². The van der Waals surface area contributed by atoms with Crippen LogP contribution in [0.1, 0.15) is 12.5 Å². The van der Waals surface area contributed by atoms with Gasteiger partial charge in [0.1, 0.15) is 9.93 Å². The van der Waals surface area contributed by atoms with Gasteiger partial charge in [-0.2, -0.15) is 0 Å². The maximum absolute atomic E-state index is 13.9. The molecule has 4 nitrogen and oxygen atoms in total. The van der Waals surface area contributed by atoms with Gasteiger partial charge in [0, 0.05) is 16.5 Å². The molecule has 2 aliphatic heterocycles. The lowest BCUT2D eigenvalue weighted by Gasteiger charge is -2.19. The molecular weight excluding hydrogens is 530 g/mol. The molecule has 0 aromatic heterocycles. The number of carbonyl (C=O) groups is 1. The number of thioether (sulfide) groups is 2. The lowest BCUT2D eigenvalue weighted by atomic mass is 10.1. The van der Waals surface area contributed by atoms with Gasteiger partial charge in [-0.1, -0.05) is 96.2 Å². The Kier molecular flexibility index (Phi) is 7.02. The molecule has 0 bridgehead atoms. The highest BCUT2D eigenvalue weighted by molar-refractivity contribution is 8.19. The first-order chi connectivity index (χ1) is 18.6. The van der Waals surface area contributed by atoms with Gasteiger partial charge in [-0.3, -0.25) is 9.69 Å². The highest BCUT2D eigenvalue weighted by atomic mass is 35.5. The molecule has 4 aromatic rings. The SMILES string of the molecule is CCN1/C(=C2/SC(=Nc3ccc(-c4ccccc4)cc3)N(Cc3ccccc3)C2=O)Sc2ccc(Cl)cc21. The lowest BCUT2D eigenvalue weighted by molar-refractivity contribution is -0.122. The standard InChI is InChI=1S/C31H24ClN3OS2/c1-2-34-26-19-24(32)15-18-27(26)37-30(34)28-29(36)35(20-21-9-5-3-6-10-21)31(38-28)33-25-16-13-23(14-17-25)22-11-7-4-8-12-22/h3-19H,2,20H2,1H3/b30-28-,33-31?. The monoisotopic (exact) mass is 553 g/mol. The minimum Gasteiger partial charge on any atom is -0.334 e. The average Bonchev–Trinajstić information content (AvgIpc) is 3.46. The highest BCUT2D eigenvalue weighted by Crippen LogP contribution is 2.51. The topological polar surface area (TPSA) is 35.9 Å². The molecule has 0 unspecified atom stereocenters. The van der Waals surface area contributed by atoms with Crippen molar-refractivity contribution < 1.29 is 4.79 Å². The number of benzene rings is 4.